The van der Waals surface area contributed by atoms with Crippen LogP contribution in [0.4, 0.5) is 0 Å². The number of hydrogen-bond donors (Lipinski definition) is 2. The molecule has 2 heterocycles. The van der Waals surface area contributed by atoms with E-state index < -0.39 is 36.0 Å². The van der Waals surface area contributed by atoms with Crippen LogP contribution in [-0.4, -0.2) is 59.4 Å². The van der Waals surface area contributed by atoms with E-state index >= 15 is 0 Å². The predicted octanol–water partition coefficient (Wildman–Crippen LogP) is 1.86. The summed E-state index contributed by atoms with van der Waals surface area (Å²) in [6, 6.07) is 0. The van der Waals surface area contributed by atoms with Gasteiger partial charge in [-0.25, -0.2) is 0 Å². The molecule has 4 atom stereocenters. The zero-order valence-electron chi connectivity index (χ0n) is 14.3. The Labute approximate surface area is 143 Å². The summed E-state index contributed by atoms with van der Waals surface area (Å²) in [7, 11) is 0. The van der Waals surface area contributed by atoms with E-state index in [1.807, 2.05) is 0 Å². The third-order valence-corrected chi connectivity index (χ3v) is 6.10. The van der Waals surface area contributed by atoms with Gasteiger partial charge >= 0.3 is 0 Å². The number of aliphatic hydroxyl groups is 2. The SMILES string of the molecule is OC([C@H]1COC2(CCCCC2)O1)[C@H](O)[C@H]1COC2(CCCCC2)O1. The summed E-state index contributed by atoms with van der Waals surface area (Å²) in [5, 5.41) is 21.2. The Morgan fingerprint density at radius 1 is 0.625 bits per heavy atom. The van der Waals surface area contributed by atoms with Gasteiger partial charge in [-0.2, -0.15) is 0 Å². The van der Waals surface area contributed by atoms with Crippen molar-refractivity contribution < 1.29 is 29.2 Å². The van der Waals surface area contributed by atoms with Gasteiger partial charge in [0.2, 0.25) is 0 Å². The van der Waals surface area contributed by atoms with Gasteiger partial charge in [0.15, 0.2) is 11.6 Å². The van der Waals surface area contributed by atoms with E-state index in [1.165, 1.54) is 12.8 Å². The van der Waals surface area contributed by atoms with Crippen LogP contribution in [0.3, 0.4) is 0 Å². The Bertz CT molecular complexity index is 389. The second-order valence-electron chi connectivity index (χ2n) is 7.86. The van der Waals surface area contributed by atoms with Gasteiger partial charge in [-0.1, -0.05) is 12.8 Å². The van der Waals surface area contributed by atoms with Crippen LogP contribution in [0.2, 0.25) is 0 Å². The van der Waals surface area contributed by atoms with E-state index in [2.05, 4.69) is 0 Å². The van der Waals surface area contributed by atoms with Crippen molar-refractivity contribution in [3.8, 4) is 0 Å². The zero-order valence-corrected chi connectivity index (χ0v) is 14.3. The maximum atomic E-state index is 10.6. The average molecular weight is 342 g/mol. The largest absolute Gasteiger partial charge is 0.387 e. The van der Waals surface area contributed by atoms with E-state index in [9.17, 15) is 10.2 Å². The van der Waals surface area contributed by atoms with Crippen molar-refractivity contribution in [1.29, 1.82) is 0 Å². The highest BCUT2D eigenvalue weighted by molar-refractivity contribution is 4.93. The van der Waals surface area contributed by atoms with Gasteiger partial charge < -0.3 is 29.2 Å². The van der Waals surface area contributed by atoms with E-state index in [0.29, 0.717) is 13.2 Å². The zero-order chi connectivity index (χ0) is 16.6. The second-order valence-corrected chi connectivity index (χ2v) is 7.86. The molecule has 0 bridgehead atoms. The minimum absolute atomic E-state index is 0.330. The summed E-state index contributed by atoms with van der Waals surface area (Å²) in [4.78, 5) is 0. The first-order valence-corrected chi connectivity index (χ1v) is 9.61. The monoisotopic (exact) mass is 342 g/mol. The van der Waals surface area contributed by atoms with E-state index in [1.54, 1.807) is 0 Å². The van der Waals surface area contributed by atoms with Gasteiger partial charge in [0.05, 0.1) is 13.2 Å². The lowest BCUT2D eigenvalue weighted by Gasteiger charge is -2.34. The molecular weight excluding hydrogens is 312 g/mol. The summed E-state index contributed by atoms with van der Waals surface area (Å²) in [5.41, 5.74) is 0. The molecule has 0 aromatic carbocycles. The molecule has 2 saturated heterocycles. The summed E-state index contributed by atoms with van der Waals surface area (Å²) in [6.07, 6.45) is 7.25. The standard InChI is InChI=1S/C18H30O6/c19-15(13-11-21-17(23-13)7-3-1-4-8-17)16(20)14-12-22-18(24-14)9-5-2-6-10-18/h13-16,19-20H,1-12H2/t13-,14-,15-,16?/m1/s1. The van der Waals surface area contributed by atoms with Gasteiger partial charge in [0, 0.05) is 25.7 Å². The average Bonchev–Trinajstić information content (AvgIpc) is 3.20. The first-order valence-electron chi connectivity index (χ1n) is 9.61. The molecule has 24 heavy (non-hydrogen) atoms. The molecule has 4 fully saturated rings. The first-order chi connectivity index (χ1) is 11.6. The Kier molecular flexibility index (Phi) is 4.88. The molecule has 2 N–H and O–H groups in total. The maximum absolute atomic E-state index is 10.6. The lowest BCUT2D eigenvalue weighted by molar-refractivity contribution is -0.217. The van der Waals surface area contributed by atoms with Crippen molar-refractivity contribution in [2.24, 2.45) is 0 Å². The molecule has 1 unspecified atom stereocenters. The molecule has 138 valence electrons. The molecule has 0 amide bonds. The molecular formula is C18H30O6. The third kappa shape index (κ3) is 3.24. The van der Waals surface area contributed by atoms with Crippen LogP contribution in [0.1, 0.15) is 64.2 Å². The van der Waals surface area contributed by atoms with Crippen molar-refractivity contribution in [2.45, 2.75) is 100 Å². The summed E-state index contributed by atoms with van der Waals surface area (Å²) < 4.78 is 23.8. The quantitative estimate of drug-likeness (QED) is 0.815. The van der Waals surface area contributed by atoms with Crippen molar-refractivity contribution >= 4 is 0 Å². The summed E-state index contributed by atoms with van der Waals surface area (Å²) in [5.74, 6) is -1.08. The van der Waals surface area contributed by atoms with Crippen LogP contribution < -0.4 is 0 Å². The van der Waals surface area contributed by atoms with E-state index in [-0.39, 0.29) is 0 Å². The van der Waals surface area contributed by atoms with Gasteiger partial charge in [0.25, 0.3) is 0 Å². The van der Waals surface area contributed by atoms with Crippen LogP contribution in [0.15, 0.2) is 0 Å². The molecule has 0 aromatic rings. The van der Waals surface area contributed by atoms with Gasteiger partial charge in [0.1, 0.15) is 24.4 Å². The maximum Gasteiger partial charge on any atom is 0.169 e. The minimum atomic E-state index is -1.02. The van der Waals surface area contributed by atoms with Gasteiger partial charge in [-0.3, -0.25) is 0 Å². The van der Waals surface area contributed by atoms with E-state index in [4.69, 9.17) is 18.9 Å². The summed E-state index contributed by atoms with van der Waals surface area (Å²) >= 11 is 0. The van der Waals surface area contributed by atoms with Crippen molar-refractivity contribution in [3.63, 3.8) is 0 Å². The molecule has 0 radical (unpaired) electrons. The Morgan fingerprint density at radius 2 is 1.00 bits per heavy atom. The van der Waals surface area contributed by atoms with Crippen LogP contribution in [-0.2, 0) is 18.9 Å². The molecule has 2 spiro atoms. The van der Waals surface area contributed by atoms with Gasteiger partial charge in [-0.15, -0.1) is 0 Å². The number of rotatable bonds is 3. The predicted molar refractivity (Wildman–Crippen MR) is 85.3 cm³/mol. The molecule has 2 saturated carbocycles. The fourth-order valence-corrected chi connectivity index (χ4v) is 4.64. The first kappa shape index (κ1) is 17.2. The highest BCUT2D eigenvalue weighted by atomic mass is 16.8. The lowest BCUT2D eigenvalue weighted by atomic mass is 9.94. The minimum Gasteiger partial charge on any atom is -0.387 e. The molecule has 4 aliphatic rings. The Hall–Kier alpha value is -0.240. The van der Waals surface area contributed by atoms with E-state index in [0.717, 1.165) is 51.4 Å². The van der Waals surface area contributed by atoms with Crippen LogP contribution in [0.25, 0.3) is 0 Å². The van der Waals surface area contributed by atoms with Crippen LogP contribution >= 0.6 is 0 Å². The van der Waals surface area contributed by atoms with Crippen molar-refractivity contribution in [1.82, 2.24) is 0 Å². The number of aliphatic hydroxyl groups excluding tert-OH is 2. The number of ether oxygens (including phenoxy) is 4. The molecule has 4 rings (SSSR count). The van der Waals surface area contributed by atoms with Crippen molar-refractivity contribution in [3.05, 3.63) is 0 Å². The molecule has 2 aliphatic carbocycles. The fraction of sp³-hybridized carbons (Fsp3) is 1.00. The third-order valence-electron chi connectivity index (χ3n) is 6.10. The topological polar surface area (TPSA) is 77.4 Å². The molecule has 6 heteroatoms. The highest BCUT2D eigenvalue weighted by Crippen LogP contribution is 2.41. The smallest absolute Gasteiger partial charge is 0.169 e. The Balaban J connectivity index is 1.34. The number of hydrogen-bond acceptors (Lipinski definition) is 6. The lowest BCUT2D eigenvalue weighted by Crippen LogP contribution is -2.48. The molecule has 2 aliphatic heterocycles. The van der Waals surface area contributed by atoms with Crippen molar-refractivity contribution in [2.75, 3.05) is 13.2 Å². The van der Waals surface area contributed by atoms with Crippen LogP contribution in [0.5, 0.6) is 0 Å². The fourth-order valence-electron chi connectivity index (χ4n) is 4.64. The normalized spacial score (nSPS) is 37.8. The summed E-state index contributed by atoms with van der Waals surface area (Å²) in [6.45, 7) is 0.661. The van der Waals surface area contributed by atoms with Gasteiger partial charge in [-0.05, 0) is 25.7 Å². The second kappa shape index (κ2) is 6.82. The Morgan fingerprint density at radius 3 is 1.38 bits per heavy atom. The van der Waals surface area contributed by atoms with Crippen LogP contribution in [0, 0.1) is 0 Å². The molecule has 0 aromatic heterocycles. The highest BCUT2D eigenvalue weighted by Gasteiger charge is 2.50. The molecule has 6 nitrogen and oxygen atoms in total.